The summed E-state index contributed by atoms with van der Waals surface area (Å²) in [5.74, 6) is -1.36. The lowest BCUT2D eigenvalue weighted by molar-refractivity contribution is 0.0593. The van der Waals surface area contributed by atoms with Crippen LogP contribution in [-0.4, -0.2) is 35.8 Å². The van der Waals surface area contributed by atoms with Crippen molar-refractivity contribution in [1.29, 1.82) is 5.26 Å². The van der Waals surface area contributed by atoms with E-state index in [-0.39, 0.29) is 28.2 Å². The Morgan fingerprint density at radius 2 is 1.82 bits per heavy atom. The van der Waals surface area contributed by atoms with Crippen LogP contribution in [0, 0.1) is 11.3 Å². The van der Waals surface area contributed by atoms with Crippen molar-refractivity contribution in [1.82, 2.24) is 4.57 Å². The summed E-state index contributed by atoms with van der Waals surface area (Å²) in [6.45, 7) is 0. The highest BCUT2D eigenvalue weighted by molar-refractivity contribution is 6.12. The number of benzene rings is 3. The fourth-order valence-corrected chi connectivity index (χ4v) is 3.76. The highest BCUT2D eigenvalue weighted by Gasteiger charge is 2.27. The van der Waals surface area contributed by atoms with Crippen molar-refractivity contribution in [3.63, 3.8) is 0 Å². The van der Waals surface area contributed by atoms with Gasteiger partial charge in [-0.1, -0.05) is 36.4 Å². The number of nitriles is 1. The molecule has 1 amide bonds. The molecule has 0 aliphatic heterocycles. The van der Waals surface area contributed by atoms with E-state index < -0.39 is 17.6 Å². The number of hydrogen-bond donors (Lipinski definition) is 3. The minimum atomic E-state index is -0.800. The number of anilines is 2. The molecule has 4 N–H and O–H groups in total. The maximum atomic E-state index is 13.2. The first-order valence-electron chi connectivity index (χ1n) is 10.1. The summed E-state index contributed by atoms with van der Waals surface area (Å²) in [5.41, 5.74) is 6.29. The number of methoxy groups -OCH3 is 2. The third-order valence-electron chi connectivity index (χ3n) is 5.38. The third-order valence-corrected chi connectivity index (χ3v) is 5.38. The van der Waals surface area contributed by atoms with Crippen LogP contribution in [-0.2, 0) is 4.74 Å². The number of ether oxygens (including phenoxy) is 2. The molecule has 0 aliphatic rings. The van der Waals surface area contributed by atoms with Crippen molar-refractivity contribution >= 4 is 34.0 Å². The van der Waals surface area contributed by atoms with Crippen LogP contribution in [0.15, 0.2) is 60.8 Å². The number of fused-ring (bicyclic) bond motifs is 1. The molecule has 0 saturated heterocycles. The van der Waals surface area contributed by atoms with Crippen LogP contribution in [0.2, 0.25) is 0 Å². The topological polar surface area (TPSA) is 140 Å². The fraction of sp³-hybridized carbons (Fsp3) is 0.0800. The van der Waals surface area contributed by atoms with Gasteiger partial charge in [0, 0.05) is 11.6 Å². The Morgan fingerprint density at radius 3 is 2.53 bits per heavy atom. The van der Waals surface area contributed by atoms with Crippen molar-refractivity contribution in [3.8, 4) is 23.3 Å². The first-order chi connectivity index (χ1) is 16.4. The molecule has 0 bridgehead atoms. The molecule has 0 saturated carbocycles. The van der Waals surface area contributed by atoms with Gasteiger partial charge in [-0.25, -0.2) is 4.79 Å². The van der Waals surface area contributed by atoms with Crippen LogP contribution < -0.4 is 15.8 Å². The lowest BCUT2D eigenvalue weighted by atomic mass is 10.0. The van der Waals surface area contributed by atoms with Gasteiger partial charge in [0.15, 0.2) is 11.4 Å². The average Bonchev–Trinajstić information content (AvgIpc) is 3.18. The Bertz CT molecular complexity index is 1480. The molecule has 0 aliphatic carbocycles. The molecule has 9 heteroatoms. The summed E-state index contributed by atoms with van der Waals surface area (Å²) >= 11 is 0. The van der Waals surface area contributed by atoms with E-state index in [9.17, 15) is 20.0 Å². The minimum Gasteiger partial charge on any atom is -0.505 e. The molecule has 0 unspecified atom stereocenters. The third kappa shape index (κ3) is 3.63. The molecule has 0 atom stereocenters. The summed E-state index contributed by atoms with van der Waals surface area (Å²) in [5, 5.41) is 24.6. The van der Waals surface area contributed by atoms with Gasteiger partial charge in [0.05, 0.1) is 42.4 Å². The standard InChI is InChI=1S/C25H20N4O5/c1-33-19-10-6-5-9-18(19)28-24(31)17-11-14-7-3-4-8-16(14)21(23(17)30)29-13-15(12-26)20(27)22(29)25(32)34-2/h3-11,13,30H,27H2,1-2H3,(H,28,31). The molecule has 170 valence electrons. The zero-order valence-electron chi connectivity index (χ0n) is 18.3. The minimum absolute atomic E-state index is 0.0211. The first kappa shape index (κ1) is 22.2. The summed E-state index contributed by atoms with van der Waals surface area (Å²) in [6, 6.07) is 17.3. The number of hydrogen-bond acceptors (Lipinski definition) is 7. The van der Waals surface area contributed by atoms with Crippen molar-refractivity contribution in [2.45, 2.75) is 0 Å². The molecular formula is C25H20N4O5. The number of aromatic hydroxyl groups is 1. The van der Waals surface area contributed by atoms with E-state index in [1.165, 1.54) is 31.0 Å². The molecule has 1 aromatic heterocycles. The van der Waals surface area contributed by atoms with Gasteiger partial charge in [-0.3, -0.25) is 4.79 Å². The number of aromatic nitrogens is 1. The van der Waals surface area contributed by atoms with Crippen molar-refractivity contribution in [2.75, 3.05) is 25.3 Å². The number of amides is 1. The highest BCUT2D eigenvalue weighted by atomic mass is 16.5. The molecule has 4 aromatic rings. The SMILES string of the molecule is COC(=O)c1c(N)c(C#N)cn1-c1c(O)c(C(=O)Nc2ccccc2OC)cc2ccccc12. The number of esters is 1. The zero-order chi connectivity index (χ0) is 24.4. The Kier molecular flexibility index (Phi) is 5.80. The van der Waals surface area contributed by atoms with Crippen molar-refractivity contribution in [2.24, 2.45) is 0 Å². The number of nitrogens with one attached hydrogen (secondary N) is 1. The van der Waals surface area contributed by atoms with Gasteiger partial charge < -0.3 is 30.2 Å². The van der Waals surface area contributed by atoms with E-state index in [0.29, 0.717) is 22.2 Å². The van der Waals surface area contributed by atoms with Crippen molar-refractivity contribution in [3.05, 3.63) is 77.6 Å². The van der Waals surface area contributed by atoms with Crippen LogP contribution in [0.25, 0.3) is 16.5 Å². The molecule has 0 fully saturated rings. The number of para-hydroxylation sites is 2. The van der Waals surface area contributed by atoms with E-state index in [2.05, 4.69) is 5.32 Å². The monoisotopic (exact) mass is 456 g/mol. The Balaban J connectivity index is 1.97. The van der Waals surface area contributed by atoms with E-state index >= 15 is 0 Å². The lowest BCUT2D eigenvalue weighted by Gasteiger charge is -2.17. The van der Waals surface area contributed by atoms with Gasteiger partial charge in [0.2, 0.25) is 0 Å². The van der Waals surface area contributed by atoms with Crippen LogP contribution in [0.4, 0.5) is 11.4 Å². The Labute approximate surface area is 194 Å². The Hall–Kier alpha value is -4.97. The van der Waals surface area contributed by atoms with Crippen LogP contribution in [0.5, 0.6) is 11.5 Å². The summed E-state index contributed by atoms with van der Waals surface area (Å²) < 4.78 is 11.4. The molecule has 1 heterocycles. The second-order valence-corrected chi connectivity index (χ2v) is 7.28. The van der Waals surface area contributed by atoms with Gasteiger partial charge in [0.1, 0.15) is 11.8 Å². The zero-order valence-corrected chi connectivity index (χ0v) is 18.3. The number of carbonyl (C=O) groups is 2. The quantitative estimate of drug-likeness (QED) is 0.388. The first-order valence-corrected chi connectivity index (χ1v) is 10.1. The number of phenols is 1. The van der Waals surface area contributed by atoms with Gasteiger partial charge in [-0.15, -0.1) is 0 Å². The predicted octanol–water partition coefficient (Wildman–Crippen LogP) is 3.84. The molecular weight excluding hydrogens is 436 g/mol. The molecule has 0 radical (unpaired) electrons. The van der Waals surface area contributed by atoms with E-state index in [4.69, 9.17) is 15.2 Å². The predicted molar refractivity (Wildman–Crippen MR) is 126 cm³/mol. The summed E-state index contributed by atoms with van der Waals surface area (Å²) in [7, 11) is 2.66. The van der Waals surface area contributed by atoms with Gasteiger partial charge in [-0.2, -0.15) is 5.26 Å². The lowest BCUT2D eigenvalue weighted by Crippen LogP contribution is -2.15. The van der Waals surface area contributed by atoms with Gasteiger partial charge in [-0.05, 0) is 23.6 Å². The second-order valence-electron chi connectivity index (χ2n) is 7.28. The molecule has 9 nitrogen and oxygen atoms in total. The maximum Gasteiger partial charge on any atom is 0.357 e. The van der Waals surface area contributed by atoms with Crippen LogP contribution >= 0.6 is 0 Å². The number of nitrogens with zero attached hydrogens (tertiary/aromatic N) is 2. The number of rotatable bonds is 5. The highest BCUT2D eigenvalue weighted by Crippen LogP contribution is 2.38. The van der Waals surface area contributed by atoms with Crippen LogP contribution in [0.1, 0.15) is 26.4 Å². The molecule has 4 rings (SSSR count). The number of nitrogens with two attached hydrogens (primary N) is 1. The summed E-state index contributed by atoms with van der Waals surface area (Å²) in [6.07, 6.45) is 1.32. The molecule has 34 heavy (non-hydrogen) atoms. The fourth-order valence-electron chi connectivity index (χ4n) is 3.76. The van der Waals surface area contributed by atoms with E-state index in [1.807, 2.05) is 6.07 Å². The largest absolute Gasteiger partial charge is 0.505 e. The molecule has 0 spiro atoms. The molecule has 3 aromatic carbocycles. The van der Waals surface area contributed by atoms with Gasteiger partial charge >= 0.3 is 5.97 Å². The normalized spacial score (nSPS) is 10.5. The average molecular weight is 456 g/mol. The van der Waals surface area contributed by atoms with E-state index in [1.54, 1.807) is 48.5 Å². The maximum absolute atomic E-state index is 13.2. The Morgan fingerprint density at radius 1 is 1.12 bits per heavy atom. The number of nitrogen functional groups attached to an aromatic ring is 1. The number of phenolic OH excluding ortho intramolecular Hbond substituents is 1. The second kappa shape index (κ2) is 8.88. The smallest absolute Gasteiger partial charge is 0.357 e. The van der Waals surface area contributed by atoms with Gasteiger partial charge in [0.25, 0.3) is 5.91 Å². The number of carbonyl (C=O) groups excluding carboxylic acids is 2. The van der Waals surface area contributed by atoms with Crippen molar-refractivity contribution < 1.29 is 24.2 Å². The van der Waals surface area contributed by atoms with Crippen LogP contribution in [0.3, 0.4) is 0 Å². The summed E-state index contributed by atoms with van der Waals surface area (Å²) in [4.78, 5) is 25.8. The van der Waals surface area contributed by atoms with E-state index in [0.717, 1.165) is 0 Å².